The number of ether oxygens (including phenoxy) is 3. The average Bonchev–Trinajstić information content (AvgIpc) is 2.72. The fourth-order valence-corrected chi connectivity index (χ4v) is 2.01. The molecule has 16 heavy (non-hydrogen) atoms. The molecule has 4 nitrogen and oxygen atoms in total. The summed E-state index contributed by atoms with van der Waals surface area (Å²) < 4.78 is 16.0. The van der Waals surface area contributed by atoms with Crippen molar-refractivity contribution in [2.24, 2.45) is 0 Å². The van der Waals surface area contributed by atoms with Gasteiger partial charge in [-0.1, -0.05) is 15.9 Å². The van der Waals surface area contributed by atoms with Crippen LogP contribution in [0.3, 0.4) is 0 Å². The Kier molecular flexibility index (Phi) is 3.33. The third kappa shape index (κ3) is 2.29. The van der Waals surface area contributed by atoms with Crippen molar-refractivity contribution in [3.8, 4) is 11.5 Å². The van der Waals surface area contributed by atoms with Gasteiger partial charge in [0, 0.05) is 10.9 Å². The van der Waals surface area contributed by atoms with Crippen molar-refractivity contribution in [2.75, 3.05) is 13.9 Å². The summed E-state index contributed by atoms with van der Waals surface area (Å²) in [5.74, 6) is 1.24. The van der Waals surface area contributed by atoms with Gasteiger partial charge in [0.15, 0.2) is 11.5 Å². The molecular weight excluding hydrogens is 276 g/mol. The highest BCUT2D eigenvalue weighted by atomic mass is 79.9. The lowest BCUT2D eigenvalue weighted by Crippen LogP contribution is -2.02. The fourth-order valence-electron chi connectivity index (χ4n) is 1.49. The molecule has 1 aromatic rings. The Morgan fingerprint density at radius 2 is 2.12 bits per heavy atom. The first-order valence-corrected chi connectivity index (χ1v) is 5.65. The molecule has 1 aliphatic rings. The zero-order chi connectivity index (χ0) is 11.5. The predicted molar refractivity (Wildman–Crippen MR) is 60.6 cm³/mol. The summed E-state index contributed by atoms with van der Waals surface area (Å²) in [6.45, 7) is 0.252. The standard InChI is InChI=1S/C11H11BrO4/c1-14-11(13)3-2-7-4-9-10(5-8(7)12)16-6-15-9/h4-5H,2-3,6H2,1H3. The summed E-state index contributed by atoms with van der Waals surface area (Å²) in [5.41, 5.74) is 1.01. The Hall–Kier alpha value is -1.23. The first-order valence-electron chi connectivity index (χ1n) is 4.85. The van der Waals surface area contributed by atoms with Crippen molar-refractivity contribution in [1.29, 1.82) is 0 Å². The highest BCUT2D eigenvalue weighted by molar-refractivity contribution is 9.10. The molecular formula is C11H11BrO4. The van der Waals surface area contributed by atoms with Crippen LogP contribution in [-0.4, -0.2) is 19.9 Å². The number of methoxy groups -OCH3 is 1. The van der Waals surface area contributed by atoms with Gasteiger partial charge in [-0.15, -0.1) is 0 Å². The van der Waals surface area contributed by atoms with Crippen molar-refractivity contribution in [2.45, 2.75) is 12.8 Å². The van der Waals surface area contributed by atoms with Crippen LogP contribution < -0.4 is 9.47 Å². The molecule has 5 heteroatoms. The molecule has 0 fully saturated rings. The molecule has 0 atom stereocenters. The van der Waals surface area contributed by atoms with Gasteiger partial charge in [-0.3, -0.25) is 4.79 Å². The number of hydrogen-bond acceptors (Lipinski definition) is 4. The van der Waals surface area contributed by atoms with E-state index in [1.54, 1.807) is 0 Å². The second kappa shape index (κ2) is 4.74. The minimum atomic E-state index is -0.218. The number of carbonyl (C=O) groups excluding carboxylic acids is 1. The number of carbonyl (C=O) groups is 1. The van der Waals surface area contributed by atoms with Crippen LogP contribution in [0.1, 0.15) is 12.0 Å². The summed E-state index contributed by atoms with van der Waals surface area (Å²) in [5, 5.41) is 0. The van der Waals surface area contributed by atoms with Crippen LogP contribution in [0, 0.1) is 0 Å². The largest absolute Gasteiger partial charge is 0.469 e. The van der Waals surface area contributed by atoms with Gasteiger partial charge >= 0.3 is 5.97 Å². The average molecular weight is 287 g/mol. The zero-order valence-electron chi connectivity index (χ0n) is 8.79. The van der Waals surface area contributed by atoms with Crippen molar-refractivity contribution < 1.29 is 19.0 Å². The van der Waals surface area contributed by atoms with Gasteiger partial charge in [0.2, 0.25) is 6.79 Å². The molecule has 0 saturated carbocycles. The quantitative estimate of drug-likeness (QED) is 0.800. The third-order valence-corrected chi connectivity index (χ3v) is 3.11. The molecule has 0 aromatic heterocycles. The Balaban J connectivity index is 2.12. The van der Waals surface area contributed by atoms with Crippen molar-refractivity contribution in [3.05, 3.63) is 22.2 Å². The topological polar surface area (TPSA) is 44.8 Å². The van der Waals surface area contributed by atoms with E-state index in [4.69, 9.17) is 9.47 Å². The Bertz CT molecular complexity index is 417. The minimum Gasteiger partial charge on any atom is -0.469 e. The fraction of sp³-hybridized carbons (Fsp3) is 0.364. The smallest absolute Gasteiger partial charge is 0.305 e. The summed E-state index contributed by atoms with van der Waals surface area (Å²) in [4.78, 5) is 11.0. The summed E-state index contributed by atoms with van der Waals surface area (Å²) >= 11 is 3.43. The summed E-state index contributed by atoms with van der Waals surface area (Å²) in [6.07, 6.45) is 0.971. The Morgan fingerprint density at radius 1 is 1.44 bits per heavy atom. The second-order valence-electron chi connectivity index (χ2n) is 3.37. The van der Waals surface area contributed by atoms with E-state index in [1.165, 1.54) is 7.11 Å². The minimum absolute atomic E-state index is 0.218. The lowest BCUT2D eigenvalue weighted by Gasteiger charge is -2.05. The van der Waals surface area contributed by atoms with E-state index < -0.39 is 0 Å². The summed E-state index contributed by atoms with van der Waals surface area (Å²) in [6, 6.07) is 3.74. The highest BCUT2D eigenvalue weighted by Gasteiger charge is 2.16. The molecule has 0 radical (unpaired) electrons. The highest BCUT2D eigenvalue weighted by Crippen LogP contribution is 2.37. The van der Waals surface area contributed by atoms with Crippen LogP contribution in [0.25, 0.3) is 0 Å². The monoisotopic (exact) mass is 286 g/mol. The van der Waals surface area contributed by atoms with Gasteiger partial charge < -0.3 is 14.2 Å². The number of rotatable bonds is 3. The van der Waals surface area contributed by atoms with Crippen LogP contribution in [-0.2, 0) is 16.0 Å². The van der Waals surface area contributed by atoms with E-state index in [0.717, 1.165) is 21.5 Å². The molecule has 2 rings (SSSR count). The number of fused-ring (bicyclic) bond motifs is 1. The van der Waals surface area contributed by atoms with Gasteiger partial charge in [0.25, 0.3) is 0 Å². The van der Waals surface area contributed by atoms with Gasteiger partial charge in [-0.05, 0) is 24.1 Å². The number of aryl methyl sites for hydroxylation is 1. The van der Waals surface area contributed by atoms with Crippen molar-refractivity contribution in [3.63, 3.8) is 0 Å². The van der Waals surface area contributed by atoms with Crippen LogP contribution in [0.5, 0.6) is 11.5 Å². The maximum atomic E-state index is 11.0. The molecule has 0 amide bonds. The predicted octanol–water partition coefficient (Wildman–Crippen LogP) is 2.28. The van der Waals surface area contributed by atoms with E-state index in [1.807, 2.05) is 12.1 Å². The lowest BCUT2D eigenvalue weighted by molar-refractivity contribution is -0.140. The van der Waals surface area contributed by atoms with E-state index in [9.17, 15) is 4.79 Å². The normalized spacial score (nSPS) is 12.6. The Labute approximate surface area is 102 Å². The maximum absolute atomic E-state index is 11.0. The number of benzene rings is 1. The molecule has 1 heterocycles. The molecule has 86 valence electrons. The SMILES string of the molecule is COC(=O)CCc1cc2c(cc1Br)OCO2. The molecule has 0 bridgehead atoms. The number of halogens is 1. The van der Waals surface area contributed by atoms with E-state index in [2.05, 4.69) is 20.7 Å². The van der Waals surface area contributed by atoms with Crippen LogP contribution in [0.2, 0.25) is 0 Å². The van der Waals surface area contributed by atoms with E-state index >= 15 is 0 Å². The molecule has 0 N–H and O–H groups in total. The molecule has 1 aromatic carbocycles. The first kappa shape index (κ1) is 11.3. The van der Waals surface area contributed by atoms with E-state index in [-0.39, 0.29) is 12.8 Å². The third-order valence-electron chi connectivity index (χ3n) is 2.37. The van der Waals surface area contributed by atoms with Crippen LogP contribution >= 0.6 is 15.9 Å². The van der Waals surface area contributed by atoms with Gasteiger partial charge in [-0.2, -0.15) is 0 Å². The number of esters is 1. The van der Waals surface area contributed by atoms with Crippen LogP contribution in [0.4, 0.5) is 0 Å². The molecule has 0 saturated heterocycles. The molecule has 0 aliphatic carbocycles. The second-order valence-corrected chi connectivity index (χ2v) is 4.23. The molecule has 1 aliphatic heterocycles. The van der Waals surface area contributed by atoms with Gasteiger partial charge in [-0.25, -0.2) is 0 Å². The van der Waals surface area contributed by atoms with Crippen molar-refractivity contribution in [1.82, 2.24) is 0 Å². The molecule has 0 spiro atoms. The van der Waals surface area contributed by atoms with Gasteiger partial charge in [0.05, 0.1) is 7.11 Å². The zero-order valence-corrected chi connectivity index (χ0v) is 10.4. The first-order chi connectivity index (χ1) is 7.70. The lowest BCUT2D eigenvalue weighted by atomic mass is 10.1. The van der Waals surface area contributed by atoms with Crippen LogP contribution in [0.15, 0.2) is 16.6 Å². The maximum Gasteiger partial charge on any atom is 0.305 e. The van der Waals surface area contributed by atoms with Crippen molar-refractivity contribution >= 4 is 21.9 Å². The van der Waals surface area contributed by atoms with Gasteiger partial charge in [0.1, 0.15) is 0 Å². The molecule has 0 unspecified atom stereocenters. The number of hydrogen-bond donors (Lipinski definition) is 0. The van der Waals surface area contributed by atoms with E-state index in [0.29, 0.717) is 12.8 Å². The Morgan fingerprint density at radius 3 is 2.81 bits per heavy atom. The summed E-state index contributed by atoms with van der Waals surface area (Å²) in [7, 11) is 1.39.